The largest absolute Gasteiger partial charge is 0.477 e. The van der Waals surface area contributed by atoms with Crippen molar-refractivity contribution >= 4 is 34.3 Å². The van der Waals surface area contributed by atoms with Crippen molar-refractivity contribution in [2.24, 2.45) is 13.0 Å². The van der Waals surface area contributed by atoms with Crippen LogP contribution in [0.25, 0.3) is 11.0 Å². The zero-order valence-corrected chi connectivity index (χ0v) is 15.2. The van der Waals surface area contributed by atoms with Crippen molar-refractivity contribution in [1.29, 1.82) is 0 Å². The van der Waals surface area contributed by atoms with E-state index in [2.05, 4.69) is 30.7 Å². The number of rotatable bonds is 6. The SMILES string of the molecule is COC1CNCC1COc1nc(Nc2cnn(C)c2)nc2[nH]cc(Cl)c12. The summed E-state index contributed by atoms with van der Waals surface area (Å²) in [5.41, 5.74) is 1.40. The molecule has 3 aromatic heterocycles. The van der Waals surface area contributed by atoms with Gasteiger partial charge < -0.3 is 25.1 Å². The second-order valence-electron chi connectivity index (χ2n) is 6.24. The van der Waals surface area contributed by atoms with Gasteiger partial charge in [0.15, 0.2) is 0 Å². The van der Waals surface area contributed by atoms with E-state index >= 15 is 0 Å². The molecule has 0 spiro atoms. The third-order valence-corrected chi connectivity index (χ3v) is 4.72. The van der Waals surface area contributed by atoms with E-state index in [0.717, 1.165) is 18.8 Å². The number of hydrogen-bond donors (Lipinski definition) is 3. The summed E-state index contributed by atoms with van der Waals surface area (Å²) in [6.07, 6.45) is 5.34. The van der Waals surface area contributed by atoms with Crippen LogP contribution in [0.5, 0.6) is 5.88 Å². The Hall–Kier alpha value is -2.36. The van der Waals surface area contributed by atoms with Crippen molar-refractivity contribution in [1.82, 2.24) is 30.0 Å². The van der Waals surface area contributed by atoms with Crippen molar-refractivity contribution in [2.45, 2.75) is 6.10 Å². The van der Waals surface area contributed by atoms with Crippen molar-refractivity contribution < 1.29 is 9.47 Å². The van der Waals surface area contributed by atoms with Gasteiger partial charge in [-0.25, -0.2) is 0 Å². The number of H-pyrrole nitrogens is 1. The molecule has 138 valence electrons. The second-order valence-corrected chi connectivity index (χ2v) is 6.65. The van der Waals surface area contributed by atoms with Crippen LogP contribution in [0.1, 0.15) is 0 Å². The third-order valence-electron chi connectivity index (χ3n) is 4.43. The second kappa shape index (κ2) is 7.10. The van der Waals surface area contributed by atoms with E-state index < -0.39 is 0 Å². The van der Waals surface area contributed by atoms with E-state index in [4.69, 9.17) is 21.1 Å². The van der Waals surface area contributed by atoms with Gasteiger partial charge in [-0.2, -0.15) is 15.1 Å². The van der Waals surface area contributed by atoms with E-state index in [1.54, 1.807) is 24.2 Å². The minimum absolute atomic E-state index is 0.127. The molecule has 0 aromatic carbocycles. The summed E-state index contributed by atoms with van der Waals surface area (Å²) >= 11 is 6.28. The lowest BCUT2D eigenvalue weighted by Crippen LogP contribution is -2.26. The van der Waals surface area contributed by atoms with Crippen LogP contribution in [0.3, 0.4) is 0 Å². The van der Waals surface area contributed by atoms with Crippen molar-refractivity contribution in [3.8, 4) is 5.88 Å². The van der Waals surface area contributed by atoms with Gasteiger partial charge in [0.1, 0.15) is 5.65 Å². The predicted molar refractivity (Wildman–Crippen MR) is 98.0 cm³/mol. The Balaban J connectivity index is 1.60. The van der Waals surface area contributed by atoms with Gasteiger partial charge in [0, 0.05) is 45.6 Å². The number of aryl methyl sites for hydroxylation is 1. The number of halogens is 1. The van der Waals surface area contributed by atoms with Crippen LogP contribution in [0.15, 0.2) is 18.6 Å². The van der Waals surface area contributed by atoms with Crippen LogP contribution < -0.4 is 15.4 Å². The lowest BCUT2D eigenvalue weighted by atomic mass is 10.1. The van der Waals surface area contributed by atoms with Gasteiger partial charge in [-0.15, -0.1) is 0 Å². The molecular formula is C16H20ClN7O2. The van der Waals surface area contributed by atoms with Gasteiger partial charge in [-0.3, -0.25) is 4.68 Å². The normalized spacial score (nSPS) is 20.0. The molecule has 0 amide bonds. The summed E-state index contributed by atoms with van der Waals surface area (Å²) in [6.45, 7) is 2.14. The van der Waals surface area contributed by atoms with Crippen molar-refractivity contribution in [2.75, 3.05) is 32.1 Å². The fourth-order valence-electron chi connectivity index (χ4n) is 3.08. The smallest absolute Gasteiger partial charge is 0.232 e. The molecule has 1 saturated heterocycles. The number of methoxy groups -OCH3 is 1. The van der Waals surface area contributed by atoms with E-state index in [1.165, 1.54) is 0 Å². The fraction of sp³-hybridized carbons (Fsp3) is 0.438. The highest BCUT2D eigenvalue weighted by Gasteiger charge is 2.28. The first-order chi connectivity index (χ1) is 12.6. The molecule has 0 bridgehead atoms. The zero-order valence-electron chi connectivity index (χ0n) is 14.5. The van der Waals surface area contributed by atoms with Crippen molar-refractivity contribution in [3.63, 3.8) is 0 Å². The molecule has 1 fully saturated rings. The van der Waals surface area contributed by atoms with Crippen LogP contribution in [0, 0.1) is 5.92 Å². The summed E-state index contributed by atoms with van der Waals surface area (Å²) in [6, 6.07) is 0. The summed E-state index contributed by atoms with van der Waals surface area (Å²) in [5.74, 6) is 1.10. The number of fused-ring (bicyclic) bond motifs is 1. The van der Waals surface area contributed by atoms with Crippen molar-refractivity contribution in [3.05, 3.63) is 23.6 Å². The van der Waals surface area contributed by atoms with Gasteiger partial charge in [-0.05, 0) is 0 Å². The quantitative estimate of drug-likeness (QED) is 0.601. The van der Waals surface area contributed by atoms with Gasteiger partial charge in [0.05, 0.1) is 35.0 Å². The van der Waals surface area contributed by atoms with Crippen LogP contribution in [-0.2, 0) is 11.8 Å². The maximum absolute atomic E-state index is 6.28. The van der Waals surface area contributed by atoms with E-state index in [9.17, 15) is 0 Å². The van der Waals surface area contributed by atoms with Gasteiger partial charge in [0.2, 0.25) is 11.8 Å². The number of nitrogens with zero attached hydrogens (tertiary/aromatic N) is 4. The molecule has 0 saturated carbocycles. The third kappa shape index (κ3) is 3.33. The summed E-state index contributed by atoms with van der Waals surface area (Å²) in [7, 11) is 3.56. The van der Waals surface area contributed by atoms with E-state index in [-0.39, 0.29) is 12.0 Å². The van der Waals surface area contributed by atoms with Crippen LogP contribution in [-0.4, -0.2) is 57.6 Å². The molecule has 2 atom stereocenters. The molecule has 3 N–H and O–H groups in total. The van der Waals surface area contributed by atoms with Gasteiger partial charge in [0.25, 0.3) is 0 Å². The molecule has 9 nitrogen and oxygen atoms in total. The summed E-state index contributed by atoms with van der Waals surface area (Å²) < 4.78 is 13.2. The Bertz CT molecular complexity index is 909. The van der Waals surface area contributed by atoms with Crippen LogP contribution in [0.4, 0.5) is 11.6 Å². The van der Waals surface area contributed by atoms with E-state index in [1.807, 2.05) is 13.2 Å². The lowest BCUT2D eigenvalue weighted by Gasteiger charge is -2.17. The molecule has 0 radical (unpaired) electrons. The number of hydrogen-bond acceptors (Lipinski definition) is 7. The first-order valence-electron chi connectivity index (χ1n) is 8.30. The predicted octanol–water partition coefficient (Wildman–Crippen LogP) is 1.70. The molecular weight excluding hydrogens is 358 g/mol. The molecule has 4 rings (SSSR count). The minimum Gasteiger partial charge on any atom is -0.477 e. The average Bonchev–Trinajstić information content (AvgIpc) is 3.34. The standard InChI is InChI=1S/C16H20ClN7O2/c1-24-7-10(4-20-24)21-16-22-14-13(11(17)5-19-14)15(23-16)26-8-9-3-18-6-12(9)25-2/h4-5,7,9,12,18H,3,6,8H2,1-2H3,(H2,19,21,22,23). The number of ether oxygens (including phenoxy) is 2. The number of nitrogens with one attached hydrogen (secondary N) is 3. The first-order valence-corrected chi connectivity index (χ1v) is 8.68. The summed E-state index contributed by atoms with van der Waals surface area (Å²) in [5, 5.41) is 11.8. The summed E-state index contributed by atoms with van der Waals surface area (Å²) in [4.78, 5) is 12.0. The van der Waals surface area contributed by atoms with Gasteiger partial charge >= 0.3 is 0 Å². The number of anilines is 2. The molecule has 1 aliphatic heterocycles. The molecule has 0 aliphatic carbocycles. The fourth-order valence-corrected chi connectivity index (χ4v) is 3.30. The first kappa shape index (κ1) is 17.1. The zero-order chi connectivity index (χ0) is 18.1. The highest BCUT2D eigenvalue weighted by molar-refractivity contribution is 6.35. The number of aromatic nitrogens is 5. The molecule has 4 heterocycles. The molecule has 2 unspecified atom stereocenters. The molecule has 3 aromatic rings. The highest BCUT2D eigenvalue weighted by atomic mass is 35.5. The Kier molecular flexibility index (Phi) is 4.66. The molecule has 10 heteroatoms. The van der Waals surface area contributed by atoms with Crippen LogP contribution in [0.2, 0.25) is 5.02 Å². The molecule has 26 heavy (non-hydrogen) atoms. The highest BCUT2D eigenvalue weighted by Crippen LogP contribution is 2.31. The van der Waals surface area contributed by atoms with Gasteiger partial charge in [-0.1, -0.05) is 11.6 Å². The monoisotopic (exact) mass is 377 g/mol. The average molecular weight is 378 g/mol. The molecule has 1 aliphatic rings. The topological polar surface area (TPSA) is 102 Å². The van der Waals surface area contributed by atoms with Crippen LogP contribution >= 0.6 is 11.6 Å². The maximum Gasteiger partial charge on any atom is 0.232 e. The van der Waals surface area contributed by atoms with E-state index in [0.29, 0.717) is 34.5 Å². The Morgan fingerprint density at radius 2 is 2.27 bits per heavy atom. The Labute approximate surface area is 155 Å². The Morgan fingerprint density at radius 3 is 3.04 bits per heavy atom. The minimum atomic E-state index is 0.127. The number of aromatic amines is 1. The maximum atomic E-state index is 6.28. The Morgan fingerprint density at radius 1 is 1.38 bits per heavy atom. The lowest BCUT2D eigenvalue weighted by molar-refractivity contribution is 0.0621.